The van der Waals surface area contributed by atoms with Gasteiger partial charge in [0, 0.05) is 13.1 Å². The predicted molar refractivity (Wildman–Crippen MR) is 72.9 cm³/mol. The van der Waals surface area contributed by atoms with E-state index in [-0.39, 0.29) is 11.3 Å². The normalized spacial score (nSPS) is 21.7. The van der Waals surface area contributed by atoms with Crippen molar-refractivity contribution < 1.29 is 9.90 Å². The van der Waals surface area contributed by atoms with Crippen LogP contribution >= 0.6 is 0 Å². The molecule has 100 valence electrons. The van der Waals surface area contributed by atoms with Gasteiger partial charge in [0.15, 0.2) is 0 Å². The zero-order chi connectivity index (χ0) is 14.0. The molecule has 0 amide bonds. The highest BCUT2D eigenvalue weighted by Gasteiger charge is 2.40. The van der Waals surface area contributed by atoms with Crippen molar-refractivity contribution in [2.45, 2.75) is 20.3 Å². The second-order valence-corrected chi connectivity index (χ2v) is 5.72. The molecule has 0 radical (unpaired) electrons. The lowest BCUT2D eigenvalue weighted by Gasteiger charge is -2.43. The lowest BCUT2D eigenvalue weighted by molar-refractivity contribution is -0.146. The fraction of sp³-hybridized carbons (Fsp3) is 0.467. The first-order chi connectivity index (χ1) is 8.95. The number of aliphatic carboxylic acids is 1. The number of benzene rings is 1. The summed E-state index contributed by atoms with van der Waals surface area (Å²) >= 11 is 0. The van der Waals surface area contributed by atoms with Crippen LogP contribution < -0.4 is 4.90 Å². The minimum absolute atomic E-state index is 0.299. The van der Waals surface area contributed by atoms with Gasteiger partial charge in [-0.3, -0.25) is 4.79 Å². The van der Waals surface area contributed by atoms with E-state index in [4.69, 9.17) is 5.26 Å². The molecular formula is C15H18N2O2. The Morgan fingerprint density at radius 1 is 1.47 bits per heavy atom. The fourth-order valence-corrected chi connectivity index (χ4v) is 2.86. The summed E-state index contributed by atoms with van der Waals surface area (Å²) in [6.07, 6.45) is 0.613. The van der Waals surface area contributed by atoms with Crippen LogP contribution in [0, 0.1) is 22.7 Å². The van der Waals surface area contributed by atoms with E-state index in [0.29, 0.717) is 25.1 Å². The van der Waals surface area contributed by atoms with Gasteiger partial charge in [0.05, 0.1) is 17.2 Å². The summed E-state index contributed by atoms with van der Waals surface area (Å²) in [5.74, 6) is -1.05. The van der Waals surface area contributed by atoms with Crippen molar-refractivity contribution in [3.63, 3.8) is 0 Å². The van der Waals surface area contributed by atoms with Crippen molar-refractivity contribution in [1.29, 1.82) is 5.26 Å². The Labute approximate surface area is 113 Å². The lowest BCUT2D eigenvalue weighted by Crippen LogP contribution is -2.48. The molecule has 4 nitrogen and oxygen atoms in total. The van der Waals surface area contributed by atoms with Gasteiger partial charge in [-0.15, -0.1) is 0 Å². The molecule has 1 aliphatic heterocycles. The summed E-state index contributed by atoms with van der Waals surface area (Å²) in [5.41, 5.74) is 1.25. The quantitative estimate of drug-likeness (QED) is 0.885. The maximum atomic E-state index is 11.3. The average molecular weight is 258 g/mol. The predicted octanol–water partition coefficient (Wildman–Crippen LogP) is 2.50. The van der Waals surface area contributed by atoms with Gasteiger partial charge in [-0.25, -0.2) is 0 Å². The van der Waals surface area contributed by atoms with Crippen LogP contribution in [-0.4, -0.2) is 24.2 Å². The Kier molecular flexibility index (Phi) is 3.48. The largest absolute Gasteiger partial charge is 0.481 e. The summed E-state index contributed by atoms with van der Waals surface area (Å²) < 4.78 is 0. The van der Waals surface area contributed by atoms with Crippen molar-refractivity contribution in [2.75, 3.05) is 18.0 Å². The van der Waals surface area contributed by atoms with Gasteiger partial charge in [0.1, 0.15) is 6.07 Å². The molecule has 0 aliphatic carbocycles. The van der Waals surface area contributed by atoms with Gasteiger partial charge < -0.3 is 10.0 Å². The van der Waals surface area contributed by atoms with Gasteiger partial charge in [-0.1, -0.05) is 26.0 Å². The Balaban J connectivity index is 2.26. The molecule has 1 N–H and O–H groups in total. The summed E-state index contributed by atoms with van der Waals surface area (Å²) in [6.45, 7) is 5.29. The minimum atomic E-state index is -0.724. The van der Waals surface area contributed by atoms with Gasteiger partial charge in [0.2, 0.25) is 0 Å². The van der Waals surface area contributed by atoms with E-state index in [2.05, 4.69) is 11.0 Å². The number of rotatable bonds is 2. The van der Waals surface area contributed by atoms with Crippen LogP contribution in [0.1, 0.15) is 25.8 Å². The third-order valence-corrected chi connectivity index (χ3v) is 3.89. The zero-order valence-corrected chi connectivity index (χ0v) is 11.3. The fourth-order valence-electron chi connectivity index (χ4n) is 2.86. The van der Waals surface area contributed by atoms with Crippen LogP contribution in [0.3, 0.4) is 0 Å². The molecule has 4 heteroatoms. The number of carbonyl (C=O) groups is 1. The number of para-hydroxylation sites is 1. The van der Waals surface area contributed by atoms with Gasteiger partial charge in [-0.2, -0.15) is 5.26 Å². The van der Waals surface area contributed by atoms with Gasteiger partial charge in [-0.05, 0) is 24.0 Å². The van der Waals surface area contributed by atoms with Crippen molar-refractivity contribution in [3.8, 4) is 6.07 Å². The zero-order valence-electron chi connectivity index (χ0n) is 11.3. The Morgan fingerprint density at radius 2 is 2.16 bits per heavy atom. The minimum Gasteiger partial charge on any atom is -0.481 e. The highest BCUT2D eigenvalue weighted by Crippen LogP contribution is 2.37. The molecule has 1 aliphatic rings. The van der Waals surface area contributed by atoms with Crippen molar-refractivity contribution in [1.82, 2.24) is 0 Å². The lowest BCUT2D eigenvalue weighted by atomic mass is 9.73. The first-order valence-electron chi connectivity index (χ1n) is 6.42. The number of carboxylic acids is 1. The first-order valence-corrected chi connectivity index (χ1v) is 6.42. The Bertz CT molecular complexity index is 531. The van der Waals surface area contributed by atoms with Crippen LogP contribution in [0.4, 0.5) is 5.69 Å². The molecule has 1 heterocycles. The standard InChI is InChI=1S/C15H18N2O2/c1-15(2)10-17(8-7-12(15)14(18)19)13-6-4-3-5-11(13)9-16/h3-6,12H,7-8,10H2,1-2H3,(H,18,19). The molecule has 0 saturated carbocycles. The molecule has 0 aromatic heterocycles. The highest BCUT2D eigenvalue weighted by molar-refractivity contribution is 5.72. The number of carboxylic acid groups (broad SMARTS) is 1. The van der Waals surface area contributed by atoms with E-state index in [0.717, 1.165) is 5.69 Å². The Morgan fingerprint density at radius 3 is 2.74 bits per heavy atom. The number of nitrogens with zero attached hydrogens (tertiary/aromatic N) is 2. The summed E-state index contributed by atoms with van der Waals surface area (Å²) in [6, 6.07) is 9.67. The first kappa shape index (κ1) is 13.4. The second-order valence-electron chi connectivity index (χ2n) is 5.72. The molecule has 1 aromatic rings. The highest BCUT2D eigenvalue weighted by atomic mass is 16.4. The molecule has 1 unspecified atom stereocenters. The smallest absolute Gasteiger partial charge is 0.307 e. The number of hydrogen-bond acceptors (Lipinski definition) is 3. The molecular weight excluding hydrogens is 240 g/mol. The van der Waals surface area contributed by atoms with E-state index in [1.54, 1.807) is 6.07 Å². The molecule has 1 saturated heterocycles. The average Bonchev–Trinajstić information content (AvgIpc) is 2.37. The number of hydrogen-bond donors (Lipinski definition) is 1. The third-order valence-electron chi connectivity index (χ3n) is 3.89. The van der Waals surface area contributed by atoms with Crippen molar-refractivity contribution in [2.24, 2.45) is 11.3 Å². The maximum absolute atomic E-state index is 11.3. The molecule has 1 atom stereocenters. The SMILES string of the molecule is CC1(C)CN(c2ccccc2C#N)CCC1C(=O)O. The topological polar surface area (TPSA) is 64.3 Å². The monoisotopic (exact) mass is 258 g/mol. The van der Waals surface area contributed by atoms with Crippen molar-refractivity contribution in [3.05, 3.63) is 29.8 Å². The molecule has 1 aromatic carbocycles. The van der Waals surface area contributed by atoms with Crippen LogP contribution in [0.15, 0.2) is 24.3 Å². The van der Waals surface area contributed by atoms with E-state index in [1.165, 1.54) is 0 Å². The van der Waals surface area contributed by atoms with E-state index < -0.39 is 5.97 Å². The third kappa shape index (κ3) is 2.55. The number of anilines is 1. The molecule has 2 rings (SSSR count). The Hall–Kier alpha value is -2.02. The molecule has 19 heavy (non-hydrogen) atoms. The van der Waals surface area contributed by atoms with E-state index in [9.17, 15) is 9.90 Å². The van der Waals surface area contributed by atoms with E-state index in [1.807, 2.05) is 32.0 Å². The van der Waals surface area contributed by atoms with Crippen molar-refractivity contribution >= 4 is 11.7 Å². The maximum Gasteiger partial charge on any atom is 0.307 e. The van der Waals surface area contributed by atoms with Crippen LogP contribution in [-0.2, 0) is 4.79 Å². The number of nitriles is 1. The number of piperidine rings is 1. The molecule has 1 fully saturated rings. The molecule has 0 bridgehead atoms. The summed E-state index contributed by atoms with van der Waals surface area (Å²) in [5, 5.41) is 18.4. The molecule has 0 spiro atoms. The van der Waals surface area contributed by atoms with Gasteiger partial charge in [0.25, 0.3) is 0 Å². The van der Waals surface area contributed by atoms with Gasteiger partial charge >= 0.3 is 5.97 Å². The van der Waals surface area contributed by atoms with Crippen LogP contribution in [0.5, 0.6) is 0 Å². The second kappa shape index (κ2) is 4.93. The summed E-state index contributed by atoms with van der Waals surface area (Å²) in [4.78, 5) is 13.4. The van der Waals surface area contributed by atoms with Crippen LogP contribution in [0.2, 0.25) is 0 Å². The van der Waals surface area contributed by atoms with E-state index >= 15 is 0 Å². The summed E-state index contributed by atoms with van der Waals surface area (Å²) in [7, 11) is 0. The van der Waals surface area contributed by atoms with Crippen LogP contribution in [0.25, 0.3) is 0 Å².